The summed E-state index contributed by atoms with van der Waals surface area (Å²) in [7, 11) is -3.01. The number of carbonyl (C=O) groups is 1. The van der Waals surface area contributed by atoms with E-state index in [0.717, 1.165) is 21.6 Å². The molecule has 1 saturated heterocycles. The highest BCUT2D eigenvalue weighted by Crippen LogP contribution is 2.27. The van der Waals surface area contributed by atoms with E-state index in [1.165, 1.54) is 11.3 Å². The molecule has 6 nitrogen and oxygen atoms in total. The SMILES string of the molecule is O=C(NC1CCS(=O)(=O)C1)c1csc(-c2cc3ccccc3[nH]2)n1. The summed E-state index contributed by atoms with van der Waals surface area (Å²) in [5.74, 6) is -0.178. The smallest absolute Gasteiger partial charge is 0.271 e. The molecule has 1 fully saturated rings. The zero-order valence-electron chi connectivity index (χ0n) is 12.7. The zero-order valence-corrected chi connectivity index (χ0v) is 14.3. The molecule has 124 valence electrons. The van der Waals surface area contributed by atoms with Crippen molar-refractivity contribution in [2.24, 2.45) is 0 Å². The second kappa shape index (κ2) is 5.71. The highest BCUT2D eigenvalue weighted by Gasteiger charge is 2.29. The van der Waals surface area contributed by atoms with Crippen molar-refractivity contribution in [3.8, 4) is 10.7 Å². The van der Waals surface area contributed by atoms with Crippen molar-refractivity contribution in [2.45, 2.75) is 12.5 Å². The predicted octanol–water partition coefficient (Wildman–Crippen LogP) is 2.21. The second-order valence-corrected chi connectivity index (χ2v) is 8.97. The summed E-state index contributed by atoms with van der Waals surface area (Å²) < 4.78 is 22.9. The predicted molar refractivity (Wildman–Crippen MR) is 93.9 cm³/mol. The Morgan fingerprint density at radius 3 is 2.92 bits per heavy atom. The standard InChI is InChI=1S/C16H15N3O3S2/c20-15(17-11-5-6-24(21,22)9-11)14-8-23-16(19-14)13-7-10-3-1-2-4-12(10)18-13/h1-4,7-8,11,18H,5-6,9H2,(H,17,20). The highest BCUT2D eigenvalue weighted by molar-refractivity contribution is 7.91. The average molecular weight is 361 g/mol. The normalized spacial score (nSPS) is 19.6. The van der Waals surface area contributed by atoms with Gasteiger partial charge in [0.2, 0.25) is 0 Å². The van der Waals surface area contributed by atoms with Gasteiger partial charge >= 0.3 is 0 Å². The topological polar surface area (TPSA) is 91.9 Å². The van der Waals surface area contributed by atoms with E-state index in [2.05, 4.69) is 15.3 Å². The number of carbonyl (C=O) groups excluding carboxylic acids is 1. The van der Waals surface area contributed by atoms with Crippen LogP contribution in [0.2, 0.25) is 0 Å². The van der Waals surface area contributed by atoms with Gasteiger partial charge < -0.3 is 10.3 Å². The van der Waals surface area contributed by atoms with Gasteiger partial charge in [-0.25, -0.2) is 13.4 Å². The van der Waals surface area contributed by atoms with Gasteiger partial charge in [-0.2, -0.15) is 0 Å². The number of H-pyrrole nitrogens is 1. The van der Waals surface area contributed by atoms with Crippen molar-refractivity contribution in [1.82, 2.24) is 15.3 Å². The van der Waals surface area contributed by atoms with Crippen LogP contribution in [0.4, 0.5) is 0 Å². The lowest BCUT2D eigenvalue weighted by Crippen LogP contribution is -2.35. The fraction of sp³-hybridized carbons (Fsp3) is 0.250. The number of fused-ring (bicyclic) bond motifs is 1. The lowest BCUT2D eigenvalue weighted by atomic mass is 10.2. The van der Waals surface area contributed by atoms with Crippen LogP contribution in [0.1, 0.15) is 16.9 Å². The fourth-order valence-electron chi connectivity index (χ4n) is 2.86. The molecule has 1 amide bonds. The number of aromatic amines is 1. The van der Waals surface area contributed by atoms with E-state index in [0.29, 0.717) is 12.1 Å². The molecular weight excluding hydrogens is 346 g/mol. The van der Waals surface area contributed by atoms with Crippen LogP contribution in [0.25, 0.3) is 21.6 Å². The minimum Gasteiger partial charge on any atom is -0.353 e. The van der Waals surface area contributed by atoms with Crippen LogP contribution in [-0.4, -0.2) is 41.8 Å². The summed E-state index contributed by atoms with van der Waals surface area (Å²) in [6, 6.07) is 9.60. The summed E-state index contributed by atoms with van der Waals surface area (Å²) >= 11 is 1.38. The molecule has 1 unspecified atom stereocenters. The molecule has 1 aromatic carbocycles. The van der Waals surface area contributed by atoms with E-state index in [-0.39, 0.29) is 23.5 Å². The Morgan fingerprint density at radius 1 is 1.33 bits per heavy atom. The van der Waals surface area contributed by atoms with Crippen molar-refractivity contribution < 1.29 is 13.2 Å². The average Bonchev–Trinajstić information content (AvgIpc) is 3.24. The number of hydrogen-bond donors (Lipinski definition) is 2. The molecule has 3 aromatic rings. The lowest BCUT2D eigenvalue weighted by Gasteiger charge is -2.08. The number of rotatable bonds is 3. The van der Waals surface area contributed by atoms with Gasteiger partial charge in [0, 0.05) is 22.3 Å². The molecule has 2 N–H and O–H groups in total. The quantitative estimate of drug-likeness (QED) is 0.748. The van der Waals surface area contributed by atoms with E-state index < -0.39 is 9.84 Å². The Morgan fingerprint density at radius 2 is 2.17 bits per heavy atom. The van der Waals surface area contributed by atoms with Crippen molar-refractivity contribution in [1.29, 1.82) is 0 Å². The highest BCUT2D eigenvalue weighted by atomic mass is 32.2. The van der Waals surface area contributed by atoms with Crippen molar-refractivity contribution in [3.05, 3.63) is 41.4 Å². The van der Waals surface area contributed by atoms with E-state index in [1.54, 1.807) is 5.38 Å². The van der Waals surface area contributed by atoms with Crippen LogP contribution in [0.15, 0.2) is 35.7 Å². The van der Waals surface area contributed by atoms with Crippen LogP contribution < -0.4 is 5.32 Å². The van der Waals surface area contributed by atoms with Crippen LogP contribution >= 0.6 is 11.3 Å². The van der Waals surface area contributed by atoms with Gasteiger partial charge in [0.1, 0.15) is 10.7 Å². The molecular formula is C16H15N3O3S2. The third-order valence-corrected chi connectivity index (χ3v) is 6.71. The van der Waals surface area contributed by atoms with E-state index in [1.807, 2.05) is 30.3 Å². The monoisotopic (exact) mass is 361 g/mol. The molecule has 24 heavy (non-hydrogen) atoms. The van der Waals surface area contributed by atoms with Crippen molar-refractivity contribution in [2.75, 3.05) is 11.5 Å². The third-order valence-electron chi connectivity index (χ3n) is 4.06. The number of thiazole rings is 1. The maximum absolute atomic E-state index is 12.3. The summed E-state index contributed by atoms with van der Waals surface area (Å²) in [5, 5.41) is 6.27. The molecule has 0 radical (unpaired) electrons. The van der Waals surface area contributed by atoms with Crippen LogP contribution in [-0.2, 0) is 9.84 Å². The Kier molecular flexibility index (Phi) is 3.65. The number of sulfone groups is 1. The first-order valence-corrected chi connectivity index (χ1v) is 10.3. The number of nitrogens with one attached hydrogen (secondary N) is 2. The van der Waals surface area contributed by atoms with Gasteiger partial charge in [-0.05, 0) is 18.6 Å². The summed E-state index contributed by atoms with van der Waals surface area (Å²) in [6.45, 7) is 0. The number of hydrogen-bond acceptors (Lipinski definition) is 5. The molecule has 1 aliphatic rings. The number of amides is 1. The molecule has 8 heteroatoms. The van der Waals surface area contributed by atoms with E-state index in [4.69, 9.17) is 0 Å². The summed E-state index contributed by atoms with van der Waals surface area (Å²) in [4.78, 5) is 19.9. The van der Waals surface area contributed by atoms with Gasteiger partial charge in [-0.15, -0.1) is 11.3 Å². The molecule has 1 atom stereocenters. The largest absolute Gasteiger partial charge is 0.353 e. The third kappa shape index (κ3) is 2.94. The number of benzene rings is 1. The molecule has 0 aliphatic carbocycles. The lowest BCUT2D eigenvalue weighted by molar-refractivity contribution is 0.0937. The second-order valence-electron chi connectivity index (χ2n) is 5.88. The van der Waals surface area contributed by atoms with Crippen LogP contribution in [0, 0.1) is 0 Å². The number of aromatic nitrogens is 2. The Balaban J connectivity index is 1.53. The van der Waals surface area contributed by atoms with Gasteiger partial charge in [0.25, 0.3) is 5.91 Å². The Labute approximate surface area is 142 Å². The first-order valence-electron chi connectivity index (χ1n) is 7.55. The van der Waals surface area contributed by atoms with Gasteiger partial charge in [-0.1, -0.05) is 18.2 Å². The molecule has 0 spiro atoms. The first-order chi connectivity index (χ1) is 11.5. The Hall–Kier alpha value is -2.19. The molecule has 2 aromatic heterocycles. The summed E-state index contributed by atoms with van der Waals surface area (Å²) in [5.41, 5.74) is 2.20. The van der Waals surface area contributed by atoms with Gasteiger partial charge in [0.15, 0.2) is 9.84 Å². The molecule has 0 bridgehead atoms. The molecule has 0 saturated carbocycles. The minimum absolute atomic E-state index is 0.0117. The van der Waals surface area contributed by atoms with Gasteiger partial charge in [0.05, 0.1) is 17.2 Å². The zero-order chi connectivity index (χ0) is 16.7. The fourth-order valence-corrected chi connectivity index (χ4v) is 5.30. The minimum atomic E-state index is -3.01. The van der Waals surface area contributed by atoms with E-state index in [9.17, 15) is 13.2 Å². The molecule has 3 heterocycles. The maximum atomic E-state index is 12.3. The van der Waals surface area contributed by atoms with Crippen LogP contribution in [0.3, 0.4) is 0 Å². The maximum Gasteiger partial charge on any atom is 0.271 e. The number of para-hydroxylation sites is 1. The van der Waals surface area contributed by atoms with Crippen molar-refractivity contribution >= 4 is 38.0 Å². The summed E-state index contributed by atoms with van der Waals surface area (Å²) in [6.07, 6.45) is 0.465. The van der Waals surface area contributed by atoms with E-state index >= 15 is 0 Å². The van der Waals surface area contributed by atoms with Crippen LogP contribution in [0.5, 0.6) is 0 Å². The number of nitrogens with zero attached hydrogens (tertiary/aromatic N) is 1. The van der Waals surface area contributed by atoms with Crippen molar-refractivity contribution in [3.63, 3.8) is 0 Å². The Bertz CT molecular complexity index is 987. The molecule has 4 rings (SSSR count). The van der Waals surface area contributed by atoms with Gasteiger partial charge in [-0.3, -0.25) is 4.79 Å². The first kappa shape index (κ1) is 15.3. The molecule has 1 aliphatic heterocycles.